The largest absolute Gasteiger partial charge is 0.493 e. The molecule has 0 aliphatic heterocycles. The summed E-state index contributed by atoms with van der Waals surface area (Å²) in [7, 11) is 1.40. The lowest BCUT2D eigenvalue weighted by Gasteiger charge is -2.13. The maximum atomic E-state index is 13.7. The highest BCUT2D eigenvalue weighted by atomic mass is 19.1. The van der Waals surface area contributed by atoms with E-state index in [0.717, 1.165) is 12.8 Å². The number of hydrogen-bond donors (Lipinski definition) is 1. The molecule has 0 spiro atoms. The molecule has 0 radical (unpaired) electrons. The van der Waals surface area contributed by atoms with Crippen LogP contribution in [0.15, 0.2) is 22.7 Å². The summed E-state index contributed by atoms with van der Waals surface area (Å²) < 4.78 is 29.5. The van der Waals surface area contributed by atoms with Crippen LogP contribution in [0.1, 0.15) is 23.3 Å². The summed E-state index contributed by atoms with van der Waals surface area (Å²) in [6.07, 6.45) is 1.89. The van der Waals surface area contributed by atoms with Gasteiger partial charge in [0, 0.05) is 12.1 Å². The van der Waals surface area contributed by atoms with Gasteiger partial charge >= 0.3 is 5.97 Å². The van der Waals surface area contributed by atoms with Crippen LogP contribution >= 0.6 is 0 Å². The van der Waals surface area contributed by atoms with Gasteiger partial charge in [-0.1, -0.05) is 5.16 Å². The molecule has 6 nitrogen and oxygen atoms in total. The number of carbonyl (C=O) groups is 1. The van der Waals surface area contributed by atoms with Gasteiger partial charge in [0.1, 0.15) is 5.82 Å². The highest BCUT2D eigenvalue weighted by molar-refractivity contribution is 5.87. The van der Waals surface area contributed by atoms with Crippen molar-refractivity contribution in [3.63, 3.8) is 0 Å². The normalized spacial score (nSPS) is 14.0. The number of rotatable bonds is 5. The summed E-state index contributed by atoms with van der Waals surface area (Å²) in [5.74, 6) is -1.10. The molecular weight excluding hydrogens is 281 g/mol. The van der Waals surface area contributed by atoms with Gasteiger partial charge in [0.15, 0.2) is 23.0 Å². The minimum absolute atomic E-state index is 0.0602. The lowest BCUT2D eigenvalue weighted by molar-refractivity contribution is 0.0686. The molecule has 0 atom stereocenters. The number of benzene rings is 1. The summed E-state index contributed by atoms with van der Waals surface area (Å²) in [5.41, 5.74) is 0.0179. The van der Waals surface area contributed by atoms with Crippen molar-refractivity contribution in [2.45, 2.75) is 18.9 Å². The molecule has 1 heterocycles. The second-order valence-electron chi connectivity index (χ2n) is 4.68. The Bertz CT molecular complexity index is 693. The van der Waals surface area contributed by atoms with Gasteiger partial charge in [-0.3, -0.25) is 0 Å². The molecule has 1 aromatic heterocycles. The molecule has 1 fully saturated rings. The molecule has 1 aliphatic rings. The van der Waals surface area contributed by atoms with Crippen LogP contribution in [0, 0.1) is 5.82 Å². The molecule has 3 rings (SSSR count). The van der Waals surface area contributed by atoms with Crippen LogP contribution in [-0.2, 0) is 0 Å². The highest BCUT2D eigenvalue weighted by Crippen LogP contribution is 2.42. The molecule has 7 heteroatoms. The average molecular weight is 293 g/mol. The number of methoxy groups -OCH3 is 1. The van der Waals surface area contributed by atoms with Gasteiger partial charge in [0.05, 0.1) is 18.8 Å². The van der Waals surface area contributed by atoms with Crippen molar-refractivity contribution in [3.05, 3.63) is 29.7 Å². The average Bonchev–Trinajstić information content (AvgIpc) is 3.13. The van der Waals surface area contributed by atoms with Crippen LogP contribution in [0.5, 0.6) is 11.5 Å². The Kier molecular flexibility index (Phi) is 3.25. The molecule has 0 saturated heterocycles. The van der Waals surface area contributed by atoms with Crippen molar-refractivity contribution >= 4 is 5.97 Å². The number of hydrogen-bond acceptors (Lipinski definition) is 5. The first-order chi connectivity index (χ1) is 10.1. The van der Waals surface area contributed by atoms with E-state index in [9.17, 15) is 9.18 Å². The summed E-state index contributed by atoms with van der Waals surface area (Å²) in [6, 6.07) is 3.62. The molecular formula is C14H12FNO5. The van der Waals surface area contributed by atoms with E-state index >= 15 is 0 Å². The third kappa shape index (κ3) is 2.67. The first kappa shape index (κ1) is 13.4. The van der Waals surface area contributed by atoms with Crippen LogP contribution in [0.4, 0.5) is 4.39 Å². The highest BCUT2D eigenvalue weighted by Gasteiger charge is 2.28. The molecule has 1 saturated carbocycles. The van der Waals surface area contributed by atoms with Gasteiger partial charge < -0.3 is 19.1 Å². The van der Waals surface area contributed by atoms with Crippen LogP contribution < -0.4 is 9.47 Å². The fourth-order valence-electron chi connectivity index (χ4n) is 1.88. The Labute approximate surface area is 119 Å². The predicted octanol–water partition coefficient (Wildman–Crippen LogP) is 2.73. The zero-order valence-electron chi connectivity index (χ0n) is 11.1. The molecule has 21 heavy (non-hydrogen) atoms. The van der Waals surface area contributed by atoms with Crippen molar-refractivity contribution in [1.29, 1.82) is 0 Å². The number of ether oxygens (including phenoxy) is 2. The van der Waals surface area contributed by atoms with Gasteiger partial charge in [0.25, 0.3) is 0 Å². The number of carboxylic acids is 1. The molecule has 2 aromatic rings. The van der Waals surface area contributed by atoms with Crippen molar-refractivity contribution in [2.75, 3.05) is 7.11 Å². The van der Waals surface area contributed by atoms with E-state index in [4.69, 9.17) is 19.1 Å². The topological polar surface area (TPSA) is 81.8 Å². The third-order valence-corrected chi connectivity index (χ3v) is 3.04. The smallest absolute Gasteiger partial charge is 0.358 e. The zero-order chi connectivity index (χ0) is 15.0. The van der Waals surface area contributed by atoms with Gasteiger partial charge in [-0.15, -0.1) is 0 Å². The maximum absolute atomic E-state index is 13.7. The Hall–Kier alpha value is -2.57. The van der Waals surface area contributed by atoms with Crippen molar-refractivity contribution < 1.29 is 28.3 Å². The summed E-state index contributed by atoms with van der Waals surface area (Å²) in [4.78, 5) is 10.9. The molecule has 1 aliphatic carbocycles. The van der Waals surface area contributed by atoms with Gasteiger partial charge in [0.2, 0.25) is 0 Å². The van der Waals surface area contributed by atoms with E-state index < -0.39 is 11.8 Å². The van der Waals surface area contributed by atoms with Crippen molar-refractivity contribution in [2.24, 2.45) is 0 Å². The Balaban J connectivity index is 2.09. The third-order valence-electron chi connectivity index (χ3n) is 3.04. The van der Waals surface area contributed by atoms with E-state index in [2.05, 4.69) is 5.16 Å². The quantitative estimate of drug-likeness (QED) is 0.912. The lowest BCUT2D eigenvalue weighted by atomic mass is 10.1. The second-order valence-corrected chi connectivity index (χ2v) is 4.68. The van der Waals surface area contributed by atoms with Crippen LogP contribution in [0.3, 0.4) is 0 Å². The Morgan fingerprint density at radius 2 is 2.19 bits per heavy atom. The Morgan fingerprint density at radius 3 is 2.76 bits per heavy atom. The van der Waals surface area contributed by atoms with Crippen LogP contribution in [0.25, 0.3) is 11.3 Å². The SMILES string of the molecule is COc1cc(F)cc(-c2cc(C(=O)O)no2)c1OC1CC1. The van der Waals surface area contributed by atoms with Gasteiger partial charge in [-0.25, -0.2) is 9.18 Å². The molecule has 0 bridgehead atoms. The number of carboxylic acid groups (broad SMARTS) is 1. The minimum atomic E-state index is -1.22. The zero-order valence-corrected chi connectivity index (χ0v) is 11.1. The van der Waals surface area contributed by atoms with E-state index in [0.29, 0.717) is 5.75 Å². The summed E-state index contributed by atoms with van der Waals surface area (Å²) in [6.45, 7) is 0. The number of nitrogens with zero attached hydrogens (tertiary/aromatic N) is 1. The van der Waals surface area contributed by atoms with Crippen LogP contribution in [0.2, 0.25) is 0 Å². The first-order valence-electron chi connectivity index (χ1n) is 6.33. The van der Waals surface area contributed by atoms with Gasteiger partial charge in [-0.05, 0) is 18.9 Å². The fourth-order valence-corrected chi connectivity index (χ4v) is 1.88. The Morgan fingerprint density at radius 1 is 1.43 bits per heavy atom. The second kappa shape index (κ2) is 5.08. The van der Waals surface area contributed by atoms with Crippen molar-refractivity contribution in [3.8, 4) is 22.8 Å². The first-order valence-corrected chi connectivity index (χ1v) is 6.33. The monoisotopic (exact) mass is 293 g/mol. The molecule has 0 unspecified atom stereocenters. The minimum Gasteiger partial charge on any atom is -0.493 e. The molecule has 1 aromatic carbocycles. The van der Waals surface area contributed by atoms with E-state index in [1.165, 1.54) is 25.3 Å². The van der Waals surface area contributed by atoms with E-state index in [1.54, 1.807) is 0 Å². The maximum Gasteiger partial charge on any atom is 0.358 e. The number of halogens is 1. The summed E-state index contributed by atoms with van der Waals surface area (Å²) >= 11 is 0. The fraction of sp³-hybridized carbons (Fsp3) is 0.286. The lowest BCUT2D eigenvalue weighted by Crippen LogP contribution is -2.01. The van der Waals surface area contributed by atoms with E-state index in [-0.39, 0.29) is 28.9 Å². The summed E-state index contributed by atoms with van der Waals surface area (Å²) in [5, 5.41) is 12.3. The van der Waals surface area contributed by atoms with Gasteiger partial charge in [-0.2, -0.15) is 0 Å². The number of aromatic carboxylic acids is 1. The predicted molar refractivity (Wildman–Crippen MR) is 69.1 cm³/mol. The van der Waals surface area contributed by atoms with E-state index in [1.807, 2.05) is 0 Å². The van der Waals surface area contributed by atoms with Crippen molar-refractivity contribution in [1.82, 2.24) is 5.16 Å². The standard InChI is InChI=1S/C14H12FNO5/c1-19-12-5-7(15)4-9(13(12)20-8-2-3-8)11-6-10(14(17)18)16-21-11/h4-6,8H,2-3H2,1H3,(H,17,18). The van der Waals surface area contributed by atoms with Crippen LogP contribution in [-0.4, -0.2) is 29.4 Å². The molecule has 0 amide bonds. The molecule has 1 N–H and O–H groups in total. The molecule has 110 valence electrons. The number of aromatic nitrogens is 1.